The van der Waals surface area contributed by atoms with Crippen LogP contribution in [0, 0.1) is 11.8 Å². The number of fused-ring (bicyclic) bond motifs is 1. The molecule has 1 aromatic heterocycles. The van der Waals surface area contributed by atoms with Gasteiger partial charge < -0.3 is 19.2 Å². The first-order valence-corrected chi connectivity index (χ1v) is 10.2. The van der Waals surface area contributed by atoms with E-state index in [4.69, 9.17) is 13.9 Å². The SMILES string of the molecule is CC(C)CNC(=O)c1coc(CN(Cc2ccc3c(c2)OCO3)C(C)C(C)C)n1. The Morgan fingerprint density at radius 1 is 1.14 bits per heavy atom. The molecule has 7 heteroatoms. The summed E-state index contributed by atoms with van der Waals surface area (Å²) in [4.78, 5) is 18.9. The zero-order chi connectivity index (χ0) is 21.0. The maximum atomic E-state index is 12.2. The predicted molar refractivity (Wildman–Crippen MR) is 110 cm³/mol. The van der Waals surface area contributed by atoms with Gasteiger partial charge in [-0.05, 0) is 36.5 Å². The smallest absolute Gasteiger partial charge is 0.273 e. The maximum absolute atomic E-state index is 12.2. The van der Waals surface area contributed by atoms with Gasteiger partial charge in [0.25, 0.3) is 5.91 Å². The minimum atomic E-state index is -0.201. The summed E-state index contributed by atoms with van der Waals surface area (Å²) in [5.74, 6) is 2.73. The van der Waals surface area contributed by atoms with Crippen molar-refractivity contribution in [2.75, 3.05) is 13.3 Å². The summed E-state index contributed by atoms with van der Waals surface area (Å²) in [5, 5.41) is 2.87. The standard InChI is InChI=1S/C22H31N3O4/c1-14(2)9-23-22(26)18-12-27-21(24-18)11-25(16(5)15(3)4)10-17-6-7-19-20(8-17)29-13-28-19/h6-8,12,14-16H,9-11,13H2,1-5H3,(H,23,26). The van der Waals surface area contributed by atoms with Crippen LogP contribution in [0.2, 0.25) is 0 Å². The van der Waals surface area contributed by atoms with Crippen molar-refractivity contribution >= 4 is 5.91 Å². The molecule has 158 valence electrons. The number of rotatable bonds is 9. The molecular weight excluding hydrogens is 370 g/mol. The molecule has 3 rings (SSSR count). The van der Waals surface area contributed by atoms with E-state index in [1.54, 1.807) is 0 Å². The first-order valence-electron chi connectivity index (χ1n) is 10.2. The topological polar surface area (TPSA) is 76.8 Å². The van der Waals surface area contributed by atoms with Gasteiger partial charge >= 0.3 is 0 Å². The number of ether oxygens (including phenoxy) is 2. The van der Waals surface area contributed by atoms with Crippen LogP contribution in [0.25, 0.3) is 0 Å². The highest BCUT2D eigenvalue weighted by atomic mass is 16.7. The van der Waals surface area contributed by atoms with E-state index >= 15 is 0 Å². The summed E-state index contributed by atoms with van der Waals surface area (Å²) in [7, 11) is 0. The Labute approximate surface area is 172 Å². The van der Waals surface area contributed by atoms with E-state index in [9.17, 15) is 4.79 Å². The fourth-order valence-electron chi connectivity index (χ4n) is 3.09. The minimum Gasteiger partial charge on any atom is -0.454 e. The van der Waals surface area contributed by atoms with E-state index in [-0.39, 0.29) is 12.7 Å². The lowest BCUT2D eigenvalue weighted by Crippen LogP contribution is -2.36. The summed E-state index contributed by atoms with van der Waals surface area (Å²) in [6, 6.07) is 6.31. The van der Waals surface area contributed by atoms with Gasteiger partial charge in [0.05, 0.1) is 6.54 Å². The number of amides is 1. The average Bonchev–Trinajstić information content (AvgIpc) is 3.33. The van der Waals surface area contributed by atoms with Crippen LogP contribution in [0.15, 0.2) is 28.9 Å². The third-order valence-corrected chi connectivity index (χ3v) is 5.16. The predicted octanol–water partition coefficient (Wildman–Crippen LogP) is 3.84. The molecule has 29 heavy (non-hydrogen) atoms. The zero-order valence-electron chi connectivity index (χ0n) is 17.9. The van der Waals surface area contributed by atoms with E-state index in [0.29, 0.717) is 49.1 Å². The molecule has 1 N–H and O–H groups in total. The first kappa shape index (κ1) is 21.2. The number of carbonyl (C=O) groups excluding carboxylic acids is 1. The lowest BCUT2D eigenvalue weighted by atomic mass is 10.0. The van der Waals surface area contributed by atoms with Crippen molar-refractivity contribution in [1.29, 1.82) is 0 Å². The summed E-state index contributed by atoms with van der Waals surface area (Å²) < 4.78 is 16.5. The lowest BCUT2D eigenvalue weighted by Gasteiger charge is -2.30. The van der Waals surface area contributed by atoms with Gasteiger partial charge in [-0.2, -0.15) is 0 Å². The molecule has 1 aromatic carbocycles. The first-order chi connectivity index (χ1) is 13.8. The van der Waals surface area contributed by atoms with Crippen molar-refractivity contribution in [3.63, 3.8) is 0 Å². The fraction of sp³-hybridized carbons (Fsp3) is 0.545. The average molecular weight is 402 g/mol. The van der Waals surface area contributed by atoms with Crippen molar-refractivity contribution in [2.45, 2.75) is 53.8 Å². The Morgan fingerprint density at radius 3 is 2.62 bits per heavy atom. The van der Waals surface area contributed by atoms with Gasteiger partial charge in [0.2, 0.25) is 12.7 Å². The normalized spacial score (nSPS) is 14.1. The number of hydrogen-bond donors (Lipinski definition) is 1. The second-order valence-electron chi connectivity index (χ2n) is 8.31. The largest absolute Gasteiger partial charge is 0.454 e. The summed E-state index contributed by atoms with van der Waals surface area (Å²) in [6.45, 7) is 12.8. The molecule has 0 aliphatic carbocycles. The number of benzene rings is 1. The molecule has 1 amide bonds. The van der Waals surface area contributed by atoms with Crippen LogP contribution in [-0.2, 0) is 13.1 Å². The number of carbonyl (C=O) groups is 1. The molecule has 0 spiro atoms. The summed E-state index contributed by atoms with van der Waals surface area (Å²) in [6.07, 6.45) is 1.43. The Kier molecular flexibility index (Phi) is 6.79. The van der Waals surface area contributed by atoms with E-state index in [1.165, 1.54) is 6.26 Å². The molecule has 1 atom stereocenters. The van der Waals surface area contributed by atoms with E-state index < -0.39 is 0 Å². The molecule has 0 bridgehead atoms. The van der Waals surface area contributed by atoms with Gasteiger partial charge in [0, 0.05) is 19.1 Å². The monoisotopic (exact) mass is 401 g/mol. The zero-order valence-corrected chi connectivity index (χ0v) is 17.9. The quantitative estimate of drug-likeness (QED) is 0.688. The number of oxazole rings is 1. The second kappa shape index (κ2) is 9.31. The molecular formula is C22H31N3O4. The minimum absolute atomic E-state index is 0.201. The Bertz CT molecular complexity index is 831. The van der Waals surface area contributed by atoms with Crippen LogP contribution >= 0.6 is 0 Å². The van der Waals surface area contributed by atoms with Crippen molar-refractivity contribution in [3.8, 4) is 11.5 Å². The van der Waals surface area contributed by atoms with E-state index in [2.05, 4.69) is 49.8 Å². The highest BCUT2D eigenvalue weighted by Crippen LogP contribution is 2.33. The van der Waals surface area contributed by atoms with Crippen LogP contribution in [0.5, 0.6) is 11.5 Å². The second-order valence-corrected chi connectivity index (χ2v) is 8.31. The van der Waals surface area contributed by atoms with Crippen molar-refractivity contribution in [3.05, 3.63) is 41.6 Å². The molecule has 2 aromatic rings. The molecule has 0 fully saturated rings. The van der Waals surface area contributed by atoms with Gasteiger partial charge in [0.15, 0.2) is 17.2 Å². The molecule has 1 aliphatic rings. The molecule has 0 saturated carbocycles. The van der Waals surface area contributed by atoms with Gasteiger partial charge in [-0.25, -0.2) is 4.98 Å². The number of nitrogens with zero attached hydrogens (tertiary/aromatic N) is 2. The Balaban J connectivity index is 1.70. The third kappa shape index (κ3) is 5.50. The maximum Gasteiger partial charge on any atom is 0.273 e. The highest BCUT2D eigenvalue weighted by Gasteiger charge is 2.22. The fourth-order valence-corrected chi connectivity index (χ4v) is 3.09. The summed E-state index contributed by atoms with van der Waals surface area (Å²) >= 11 is 0. The van der Waals surface area contributed by atoms with E-state index in [1.807, 2.05) is 18.2 Å². The number of aromatic nitrogens is 1. The molecule has 0 saturated heterocycles. The van der Waals surface area contributed by atoms with Crippen molar-refractivity contribution in [1.82, 2.24) is 15.2 Å². The van der Waals surface area contributed by atoms with E-state index in [0.717, 1.165) is 17.1 Å². The Morgan fingerprint density at radius 2 is 1.90 bits per heavy atom. The molecule has 0 radical (unpaired) electrons. The van der Waals surface area contributed by atoms with Gasteiger partial charge in [-0.15, -0.1) is 0 Å². The van der Waals surface area contributed by atoms with Gasteiger partial charge in [-0.1, -0.05) is 33.8 Å². The van der Waals surface area contributed by atoms with Crippen LogP contribution in [0.1, 0.15) is 56.6 Å². The molecule has 2 heterocycles. The molecule has 7 nitrogen and oxygen atoms in total. The number of hydrogen-bond acceptors (Lipinski definition) is 6. The van der Waals surface area contributed by atoms with Crippen molar-refractivity contribution in [2.24, 2.45) is 11.8 Å². The Hall–Kier alpha value is -2.54. The van der Waals surface area contributed by atoms with Gasteiger partial charge in [0.1, 0.15) is 6.26 Å². The molecule has 1 aliphatic heterocycles. The van der Waals surface area contributed by atoms with Crippen LogP contribution in [0.4, 0.5) is 0 Å². The number of nitrogens with one attached hydrogen (secondary N) is 1. The third-order valence-electron chi connectivity index (χ3n) is 5.16. The van der Waals surface area contributed by atoms with Crippen molar-refractivity contribution < 1.29 is 18.7 Å². The van der Waals surface area contributed by atoms with Crippen LogP contribution in [0.3, 0.4) is 0 Å². The lowest BCUT2D eigenvalue weighted by molar-refractivity contribution is 0.0943. The highest BCUT2D eigenvalue weighted by molar-refractivity contribution is 5.91. The van der Waals surface area contributed by atoms with Crippen LogP contribution < -0.4 is 14.8 Å². The molecule has 1 unspecified atom stereocenters. The summed E-state index contributed by atoms with van der Waals surface area (Å²) in [5.41, 5.74) is 1.45. The van der Waals surface area contributed by atoms with Crippen LogP contribution in [-0.4, -0.2) is 35.2 Å². The van der Waals surface area contributed by atoms with Gasteiger partial charge in [-0.3, -0.25) is 9.69 Å².